The molecule has 48 nitrogen and oxygen atoms in total. The van der Waals surface area contributed by atoms with Gasteiger partial charge < -0.3 is 149 Å². The van der Waals surface area contributed by atoms with Gasteiger partial charge in [0.2, 0.25) is 94.5 Å². The highest BCUT2D eigenvalue weighted by Gasteiger charge is 2.46. The minimum atomic E-state index is -1.90. The predicted octanol–water partition coefficient (Wildman–Crippen LogP) is -2.91. The van der Waals surface area contributed by atoms with Crippen LogP contribution in [0.15, 0.2) is 85.3 Å². The third-order valence-electron chi connectivity index (χ3n) is 25.4. The number of aromatic amines is 1. The average molecular weight is 2080 g/mol. The van der Waals surface area contributed by atoms with E-state index in [1.165, 1.54) is 102 Å². The van der Waals surface area contributed by atoms with Gasteiger partial charge in [0.15, 0.2) is 11.9 Å². The summed E-state index contributed by atoms with van der Waals surface area (Å²) >= 11 is 0. The number of carboxylic acids is 1. The molecule has 0 radical (unpaired) electrons. The number of aromatic hydroxyl groups is 3. The number of unbranched alkanes of at least 4 members (excludes halogenated alkanes) is 6. The molecule has 146 heavy (non-hydrogen) atoms. The van der Waals surface area contributed by atoms with E-state index in [1.807, 2.05) is 0 Å². The third kappa shape index (κ3) is 39.1. The second-order valence-electron chi connectivity index (χ2n) is 36.9. The molecule has 4 aromatic rings. The number of phenols is 3. The van der Waals surface area contributed by atoms with Crippen molar-refractivity contribution >= 4 is 134 Å². The third-order valence-corrected chi connectivity index (χ3v) is 27.8. The second-order valence-corrected chi connectivity index (χ2v) is 39.5. The number of nitrogens with two attached hydrogens (primary N) is 5. The highest BCUT2D eigenvalue weighted by atomic mass is 33.1. The Morgan fingerprint density at radius 2 is 1.07 bits per heavy atom. The number of H-pyrrole nitrogens is 1. The Balaban J connectivity index is 1.21. The summed E-state index contributed by atoms with van der Waals surface area (Å²) in [4.78, 5) is 261. The summed E-state index contributed by atoms with van der Waals surface area (Å²) in [5.41, 5.74) is 31.6. The normalized spacial score (nSPS) is 21.4. The van der Waals surface area contributed by atoms with E-state index in [4.69, 9.17) is 39.5 Å². The van der Waals surface area contributed by atoms with Crippen molar-refractivity contribution in [2.24, 2.45) is 28.7 Å². The number of hydrogen-bond acceptors (Lipinski definition) is 28. The highest BCUT2D eigenvalue weighted by Crippen LogP contribution is 2.29. The van der Waals surface area contributed by atoms with Crippen molar-refractivity contribution in [3.8, 4) is 17.2 Å². The second kappa shape index (κ2) is 61.0. The SMILES string of the molecule is CCCCCCCC(=O)NCCCC[C@H](NC(=O)[C@H](Cc1ccc(O)cc1)NC(=O)[C@@H]1CSSC[C@H](NC(=O)[C@H](C)NC(=O)[C@H](Cc2cnc[nH]2)NC(=O)[C@@H](N)Cc2ccc(O)cc2)C(=O)N[C@@H](CCCNC(=N)N)C(=O)N[C@@H](C)C(=O)N2CCC[C@@H]2C(=O)NCC[C@H](N)C(=O)N[C@@H](CCCNC(=N)N)C(=O)N[C@@H](Cc2ccc(O)cc2)C(=O)N1)C(=O)N[C@@H](CCCCN)C(=O)N1CCC[C@@H]1C(=O)N1CCC[C@H]1C(=O)O. The maximum absolute atomic E-state index is 16.1. The van der Waals surface area contributed by atoms with E-state index in [2.05, 4.69) is 96.6 Å². The fourth-order valence-electron chi connectivity index (χ4n) is 17.2. The maximum Gasteiger partial charge on any atom is 0.326 e. The minimum Gasteiger partial charge on any atom is -0.508 e. The van der Waals surface area contributed by atoms with Gasteiger partial charge in [-0.1, -0.05) is 90.6 Å². The lowest BCUT2D eigenvalue weighted by molar-refractivity contribution is -0.152. The van der Waals surface area contributed by atoms with Gasteiger partial charge >= 0.3 is 5.97 Å². The van der Waals surface area contributed by atoms with Crippen molar-refractivity contribution in [3.63, 3.8) is 0 Å². The van der Waals surface area contributed by atoms with Crippen LogP contribution in [-0.4, -0.2) is 318 Å². The van der Waals surface area contributed by atoms with Crippen LogP contribution in [-0.2, 0) is 107 Å². The van der Waals surface area contributed by atoms with Crippen LogP contribution in [0.2, 0.25) is 0 Å². The highest BCUT2D eigenvalue weighted by molar-refractivity contribution is 8.76. The van der Waals surface area contributed by atoms with Crippen molar-refractivity contribution in [1.29, 1.82) is 10.8 Å². The van der Waals surface area contributed by atoms with Gasteiger partial charge in [-0.05, 0) is 195 Å². The first-order valence-corrected chi connectivity index (χ1v) is 52.3. The van der Waals surface area contributed by atoms with E-state index < -0.39 is 228 Å². The molecular weight excluding hydrogens is 1930 g/mol. The van der Waals surface area contributed by atoms with E-state index in [9.17, 15) is 68.4 Å². The summed E-state index contributed by atoms with van der Waals surface area (Å²) in [6, 6.07) is -6.94. The van der Waals surface area contributed by atoms with Gasteiger partial charge in [-0.25, -0.2) is 9.78 Å². The van der Waals surface area contributed by atoms with Gasteiger partial charge in [0.1, 0.15) is 102 Å². The first-order valence-electron chi connectivity index (χ1n) is 49.8. The molecule has 1 aromatic heterocycles. The lowest BCUT2D eigenvalue weighted by atomic mass is 10.0. The molecule has 8 rings (SSSR count). The molecule has 0 spiro atoms. The number of imidazole rings is 1. The number of nitrogens with one attached hydrogen (secondary N) is 18. The molecule has 5 heterocycles. The fourth-order valence-corrected chi connectivity index (χ4v) is 19.5. The molecule has 3 aromatic carbocycles. The monoisotopic (exact) mass is 2080 g/mol. The molecule has 4 aliphatic rings. The fraction of sp³-hybridized carbons (Fsp3) is 0.583. The zero-order valence-electron chi connectivity index (χ0n) is 82.7. The first kappa shape index (κ1) is 118. The predicted molar refractivity (Wildman–Crippen MR) is 542 cm³/mol. The van der Waals surface area contributed by atoms with E-state index in [0.29, 0.717) is 48.9 Å². The number of rotatable bonds is 46. The Bertz CT molecular complexity index is 5050. The number of benzene rings is 3. The number of likely N-dealkylation sites (tertiary alicyclic amines) is 2. The topological polar surface area (TPSA) is 768 Å². The zero-order chi connectivity index (χ0) is 106. The quantitative estimate of drug-likeness (QED) is 0.00912. The van der Waals surface area contributed by atoms with Gasteiger partial charge in [-0.15, -0.1) is 0 Å². The Labute approximate surface area is 855 Å². The molecule has 4 aliphatic heterocycles. The van der Waals surface area contributed by atoms with Crippen molar-refractivity contribution in [2.75, 3.05) is 63.9 Å². The van der Waals surface area contributed by atoms with E-state index >= 15 is 33.6 Å². The van der Waals surface area contributed by atoms with Gasteiger partial charge in [-0.3, -0.25) is 87.5 Å². The Hall–Kier alpha value is -13.6. The smallest absolute Gasteiger partial charge is 0.326 e. The number of hydrogen-bond donors (Lipinski definition) is 27. The summed E-state index contributed by atoms with van der Waals surface area (Å²) in [6.45, 7) is 4.95. The standard InChI is InChI=1S/C96H145N27O21S2/c1-4-5-6-7-8-25-78(127)105-40-12-10-18-66(83(132)115-69(19-9-11-39-97)92(141)122-45-16-23-76(122)93(142)123-46-17-24-77(123)94(143)144)113-86(135)70(48-58-28-34-62(125)35-29-58)118-89(138)74-53-146-145-52-73(119-79(128)55(2)110-85(134)72(50-60-51-104-54-109-60)116-81(130)65(99)47-57-26-32-61(124)33-27-57)88(137)114-67(20-13-41-107-95(100)101)82(131)111-56(3)91(140)121-44-15-22-75(121)90(139)106-43-38-64(98)80(129)112-68(21-14-42-108-96(102)103)84(133)117-71(87(136)120-74)49-59-30-36-63(126)37-31-59/h26-37,51,54-56,64-77,124-126H,4-25,38-50,52-53,97-99H2,1-3H3,(H,104,109)(H,105,127)(H,106,139)(H,110,134)(H,111,131)(H,112,129)(H,113,135)(H,114,137)(H,115,132)(H,116,130)(H,117,133)(H,118,138)(H,119,128)(H,120,136)(H,143,144)(H4,100,101,107)(H4,102,103,108)/t55-,56-,64-,65-,66-,67-,68-,69-,70-,71-,72-,73-,74-,75+,76+,77-/m0/s1. The summed E-state index contributed by atoms with van der Waals surface area (Å²) in [7, 11) is 1.55. The van der Waals surface area contributed by atoms with Crippen LogP contribution in [0, 0.1) is 10.8 Å². The molecule has 16 atom stereocenters. The van der Waals surface area contributed by atoms with Crippen LogP contribution in [0.5, 0.6) is 17.2 Å². The van der Waals surface area contributed by atoms with Gasteiger partial charge in [0, 0.05) is 94.9 Å². The number of fused-ring (bicyclic) bond motifs is 1. The van der Waals surface area contributed by atoms with Crippen molar-refractivity contribution in [2.45, 2.75) is 291 Å². The lowest BCUT2D eigenvalue weighted by Crippen LogP contribution is -2.61. The lowest BCUT2D eigenvalue weighted by Gasteiger charge is -2.33. The number of aliphatic carboxylic acids is 1. The number of amides is 16. The number of carboxylic acid groups (broad SMARTS) is 1. The number of phenolic OH excluding ortho intramolecular Hbond substituents is 3. The zero-order valence-corrected chi connectivity index (χ0v) is 84.3. The molecule has 0 saturated carbocycles. The van der Waals surface area contributed by atoms with Gasteiger partial charge in [0.25, 0.3) is 0 Å². The molecule has 16 amide bonds. The molecule has 802 valence electrons. The van der Waals surface area contributed by atoms with Crippen LogP contribution < -0.4 is 108 Å². The molecule has 0 aliphatic carbocycles. The van der Waals surface area contributed by atoms with E-state index in [-0.39, 0.29) is 184 Å². The number of carbonyl (C=O) groups excluding carboxylic acids is 16. The number of carbonyl (C=O) groups is 17. The van der Waals surface area contributed by atoms with Crippen molar-refractivity contribution in [1.82, 2.24) is 104 Å². The summed E-state index contributed by atoms with van der Waals surface area (Å²) in [6.07, 6.45) is 8.15. The molecule has 32 N–H and O–H groups in total. The van der Waals surface area contributed by atoms with E-state index in [1.54, 1.807) is 12.1 Å². The Kier molecular flexibility index (Phi) is 49.1. The van der Waals surface area contributed by atoms with Crippen molar-refractivity contribution < 1.29 is 102 Å². The number of nitrogens with zero attached hydrogens (tertiary/aromatic N) is 4. The molecule has 0 bridgehead atoms. The molecular formula is C96H145N27O21S2. The number of aromatic nitrogens is 2. The maximum atomic E-state index is 16.1. The van der Waals surface area contributed by atoms with Crippen LogP contribution in [0.3, 0.4) is 0 Å². The number of guanidine groups is 2. The summed E-state index contributed by atoms with van der Waals surface area (Å²) in [5, 5.41) is 97.3. The van der Waals surface area contributed by atoms with Crippen LogP contribution >= 0.6 is 21.6 Å². The summed E-state index contributed by atoms with van der Waals surface area (Å²) in [5.74, 6) is -17.5. The van der Waals surface area contributed by atoms with Crippen LogP contribution in [0.25, 0.3) is 0 Å². The van der Waals surface area contributed by atoms with Crippen LogP contribution in [0.4, 0.5) is 0 Å². The first-order chi connectivity index (χ1) is 69.8. The summed E-state index contributed by atoms with van der Waals surface area (Å²) < 4.78 is 0. The molecule has 4 fully saturated rings. The van der Waals surface area contributed by atoms with E-state index in [0.717, 1.165) is 47.3 Å². The van der Waals surface area contributed by atoms with Gasteiger partial charge in [0.05, 0.1) is 18.4 Å². The average Bonchev–Trinajstić information content (AvgIpc) is 1.65. The molecule has 4 saturated heterocycles. The minimum absolute atomic E-state index is 0.00951. The molecule has 50 heteroatoms. The van der Waals surface area contributed by atoms with Gasteiger partial charge in [-0.2, -0.15) is 0 Å². The Morgan fingerprint density at radius 1 is 0.534 bits per heavy atom. The molecule has 0 unspecified atom stereocenters. The van der Waals surface area contributed by atoms with Crippen LogP contribution in [0.1, 0.15) is 191 Å². The largest absolute Gasteiger partial charge is 0.508 e. The Morgan fingerprint density at radius 3 is 1.69 bits per heavy atom. The van der Waals surface area contributed by atoms with Crippen molar-refractivity contribution in [3.05, 3.63) is 108 Å².